The maximum Gasteiger partial charge on any atom is 0.282 e. The molecule has 3 aromatic heterocycles. The Hall–Kier alpha value is -5.77. The molecule has 0 bridgehead atoms. The van der Waals surface area contributed by atoms with Gasteiger partial charge in [0.05, 0.1) is 31.1 Å². The second-order valence-corrected chi connectivity index (χ2v) is 9.94. The predicted molar refractivity (Wildman–Crippen MR) is 164 cm³/mol. The SMILES string of the molecule is COc1cc2nccc(Oc3ccc(CC(=O)c4c(-c5ccncc5)n(C)n(-c5ccccc5)c4=O)cc3F)c2cc1OC. The number of ketones is 1. The number of rotatable bonds is 9. The van der Waals surface area contributed by atoms with Crippen LogP contribution in [0.1, 0.15) is 15.9 Å². The third-order valence-electron chi connectivity index (χ3n) is 7.29. The first kappa shape index (κ1) is 28.4. The standard InChI is InChI=1S/C34H27FN4O5/c1-38-33(22-11-14-36-15-12-22)32(34(41)39(38)23-7-5-4-6-8-23)27(40)18-21-9-10-29(25(35)17-21)44-28-13-16-37-26-20-31(43-3)30(42-2)19-24(26)28/h4-17,19-20H,18H2,1-3H3. The van der Waals surface area contributed by atoms with Crippen LogP contribution in [0.3, 0.4) is 0 Å². The van der Waals surface area contributed by atoms with Crippen molar-refractivity contribution in [1.29, 1.82) is 0 Å². The first-order chi connectivity index (χ1) is 21.4. The van der Waals surface area contributed by atoms with Gasteiger partial charge in [-0.05, 0) is 54.1 Å². The first-order valence-corrected chi connectivity index (χ1v) is 13.7. The van der Waals surface area contributed by atoms with E-state index >= 15 is 4.39 Å². The van der Waals surface area contributed by atoms with Crippen molar-refractivity contribution in [2.24, 2.45) is 7.05 Å². The molecule has 6 rings (SSSR count). The quantitative estimate of drug-likeness (QED) is 0.186. The first-order valence-electron chi connectivity index (χ1n) is 13.7. The average molecular weight is 591 g/mol. The molecule has 0 saturated carbocycles. The number of para-hydroxylation sites is 1. The van der Waals surface area contributed by atoms with Crippen LogP contribution in [0.15, 0.2) is 102 Å². The van der Waals surface area contributed by atoms with E-state index in [2.05, 4.69) is 9.97 Å². The summed E-state index contributed by atoms with van der Waals surface area (Å²) in [5.41, 5.74) is 2.23. The van der Waals surface area contributed by atoms with Gasteiger partial charge >= 0.3 is 0 Å². The molecule has 220 valence electrons. The number of halogens is 1. The van der Waals surface area contributed by atoms with E-state index in [9.17, 15) is 9.59 Å². The van der Waals surface area contributed by atoms with Gasteiger partial charge in [-0.15, -0.1) is 0 Å². The lowest BCUT2D eigenvalue weighted by Crippen LogP contribution is -2.23. The highest BCUT2D eigenvalue weighted by Crippen LogP contribution is 2.37. The molecule has 9 nitrogen and oxygen atoms in total. The normalized spacial score (nSPS) is 11.0. The highest BCUT2D eigenvalue weighted by atomic mass is 19.1. The number of pyridine rings is 2. The summed E-state index contributed by atoms with van der Waals surface area (Å²) in [4.78, 5) is 35.9. The van der Waals surface area contributed by atoms with Gasteiger partial charge in [-0.3, -0.25) is 24.2 Å². The average Bonchev–Trinajstić information content (AvgIpc) is 3.31. The van der Waals surface area contributed by atoms with Crippen LogP contribution >= 0.6 is 0 Å². The molecule has 0 N–H and O–H groups in total. The molecule has 0 aliphatic rings. The number of carbonyl (C=O) groups is 1. The third-order valence-corrected chi connectivity index (χ3v) is 7.29. The van der Waals surface area contributed by atoms with E-state index in [4.69, 9.17) is 14.2 Å². The summed E-state index contributed by atoms with van der Waals surface area (Å²) in [5.74, 6) is 0.209. The molecule has 0 aliphatic heterocycles. The molecule has 3 heterocycles. The monoisotopic (exact) mass is 590 g/mol. The van der Waals surface area contributed by atoms with Gasteiger partial charge in [-0.1, -0.05) is 24.3 Å². The molecular weight excluding hydrogens is 563 g/mol. The number of hydrogen-bond donors (Lipinski definition) is 0. The number of hydrogen-bond acceptors (Lipinski definition) is 7. The van der Waals surface area contributed by atoms with E-state index in [-0.39, 0.29) is 17.7 Å². The van der Waals surface area contributed by atoms with Crippen molar-refractivity contribution < 1.29 is 23.4 Å². The zero-order valence-corrected chi connectivity index (χ0v) is 24.2. The van der Waals surface area contributed by atoms with Gasteiger partial charge < -0.3 is 14.2 Å². The van der Waals surface area contributed by atoms with E-state index in [1.54, 1.807) is 78.9 Å². The number of Topliss-reactive ketones (excluding diaryl/α,β-unsaturated/α-hetero) is 1. The number of carbonyl (C=O) groups excluding carboxylic acids is 1. The van der Waals surface area contributed by atoms with Crippen LogP contribution in [0.25, 0.3) is 27.8 Å². The highest BCUT2D eigenvalue weighted by Gasteiger charge is 2.26. The molecule has 44 heavy (non-hydrogen) atoms. The fourth-order valence-corrected chi connectivity index (χ4v) is 5.22. The van der Waals surface area contributed by atoms with E-state index in [1.165, 1.54) is 31.0 Å². The second kappa shape index (κ2) is 11.8. The van der Waals surface area contributed by atoms with Crippen LogP contribution in [0.4, 0.5) is 4.39 Å². The summed E-state index contributed by atoms with van der Waals surface area (Å²) >= 11 is 0. The molecule has 0 spiro atoms. The topological polar surface area (TPSA) is 97.5 Å². The lowest BCUT2D eigenvalue weighted by molar-refractivity contribution is 0.0992. The minimum absolute atomic E-state index is 0.0101. The van der Waals surface area contributed by atoms with Gasteiger partial charge in [0.15, 0.2) is 28.8 Å². The van der Waals surface area contributed by atoms with Crippen LogP contribution in [-0.4, -0.2) is 39.3 Å². The maximum absolute atomic E-state index is 15.4. The number of ether oxygens (including phenoxy) is 3. The molecule has 6 aromatic rings. The van der Waals surface area contributed by atoms with Gasteiger partial charge in [-0.2, -0.15) is 0 Å². The van der Waals surface area contributed by atoms with E-state index in [0.717, 1.165) is 0 Å². The minimum Gasteiger partial charge on any atom is -0.493 e. The number of nitrogens with zero attached hydrogens (tertiary/aromatic N) is 4. The van der Waals surface area contributed by atoms with Gasteiger partial charge in [0.1, 0.15) is 11.3 Å². The molecule has 0 amide bonds. The third kappa shape index (κ3) is 5.17. The zero-order chi connectivity index (χ0) is 30.8. The number of benzene rings is 3. The Morgan fingerprint density at radius 1 is 0.841 bits per heavy atom. The Bertz CT molecular complexity index is 2060. The van der Waals surface area contributed by atoms with Crippen LogP contribution in [0.2, 0.25) is 0 Å². The zero-order valence-electron chi connectivity index (χ0n) is 24.2. The molecule has 0 saturated heterocycles. The Kier molecular flexibility index (Phi) is 7.63. The minimum atomic E-state index is -0.662. The lowest BCUT2D eigenvalue weighted by Gasteiger charge is -2.13. The van der Waals surface area contributed by atoms with Crippen LogP contribution in [-0.2, 0) is 13.5 Å². The van der Waals surface area contributed by atoms with Crippen molar-refractivity contribution in [1.82, 2.24) is 19.3 Å². The maximum atomic E-state index is 15.4. The summed E-state index contributed by atoms with van der Waals surface area (Å²) in [7, 11) is 4.77. The number of fused-ring (bicyclic) bond motifs is 1. The summed E-state index contributed by atoms with van der Waals surface area (Å²) < 4.78 is 35.2. The largest absolute Gasteiger partial charge is 0.493 e. The Labute approximate surface area is 251 Å². The Morgan fingerprint density at radius 2 is 1.57 bits per heavy atom. The van der Waals surface area contributed by atoms with E-state index in [1.807, 2.05) is 18.2 Å². The lowest BCUT2D eigenvalue weighted by atomic mass is 10.00. The van der Waals surface area contributed by atoms with Crippen molar-refractivity contribution in [2.75, 3.05) is 14.2 Å². The van der Waals surface area contributed by atoms with Gasteiger partial charge in [0.25, 0.3) is 5.56 Å². The summed E-state index contributed by atoms with van der Waals surface area (Å²) in [6.07, 6.45) is 4.55. The molecule has 0 radical (unpaired) electrons. The van der Waals surface area contributed by atoms with Crippen molar-refractivity contribution in [3.8, 4) is 39.9 Å². The Morgan fingerprint density at radius 3 is 2.27 bits per heavy atom. The summed E-state index contributed by atoms with van der Waals surface area (Å²) in [6.45, 7) is 0. The van der Waals surface area contributed by atoms with Crippen LogP contribution in [0.5, 0.6) is 23.0 Å². The molecule has 0 aliphatic carbocycles. The molecule has 3 aromatic carbocycles. The molecule has 10 heteroatoms. The smallest absolute Gasteiger partial charge is 0.282 e. The fraction of sp³-hybridized carbons (Fsp3) is 0.118. The molecule has 0 unspecified atom stereocenters. The van der Waals surface area contributed by atoms with E-state index in [0.29, 0.717) is 50.7 Å². The predicted octanol–water partition coefficient (Wildman–Crippen LogP) is 6.16. The van der Waals surface area contributed by atoms with Crippen molar-refractivity contribution in [3.05, 3.63) is 125 Å². The molecular formula is C34H27FN4O5. The summed E-state index contributed by atoms with van der Waals surface area (Å²) in [5, 5.41) is 0.603. The van der Waals surface area contributed by atoms with Crippen molar-refractivity contribution in [2.45, 2.75) is 6.42 Å². The molecule has 0 atom stereocenters. The summed E-state index contributed by atoms with van der Waals surface area (Å²) in [6, 6.07) is 21.9. The van der Waals surface area contributed by atoms with Gasteiger partial charge in [0, 0.05) is 49.1 Å². The van der Waals surface area contributed by atoms with Crippen molar-refractivity contribution >= 4 is 16.7 Å². The fourth-order valence-electron chi connectivity index (χ4n) is 5.22. The van der Waals surface area contributed by atoms with E-state index < -0.39 is 17.2 Å². The number of methoxy groups -OCH3 is 2. The van der Waals surface area contributed by atoms with Gasteiger partial charge in [-0.25, -0.2) is 9.07 Å². The highest BCUT2D eigenvalue weighted by molar-refractivity contribution is 6.02. The van der Waals surface area contributed by atoms with Crippen LogP contribution in [0, 0.1) is 5.82 Å². The molecule has 0 fully saturated rings. The number of aromatic nitrogens is 4. The van der Waals surface area contributed by atoms with Crippen molar-refractivity contribution in [3.63, 3.8) is 0 Å². The second-order valence-electron chi connectivity index (χ2n) is 9.94. The van der Waals surface area contributed by atoms with Crippen LogP contribution < -0.4 is 19.8 Å². The van der Waals surface area contributed by atoms with Gasteiger partial charge in [0.2, 0.25) is 0 Å². The Balaban J connectivity index is 1.33.